The Morgan fingerprint density at radius 1 is 1.08 bits per heavy atom. The van der Waals surface area contributed by atoms with Crippen molar-refractivity contribution in [2.24, 2.45) is 0 Å². The number of fused-ring (bicyclic) bond motifs is 3. The van der Waals surface area contributed by atoms with Crippen molar-refractivity contribution in [2.45, 2.75) is 6.92 Å². The fraction of sp³-hybridized carbons (Fsp3) is 0.0526. The second-order valence-corrected chi connectivity index (χ2v) is 7.42. The smallest absolute Gasteiger partial charge is 0.267 e. The van der Waals surface area contributed by atoms with Crippen molar-refractivity contribution < 1.29 is 0 Å². The van der Waals surface area contributed by atoms with Gasteiger partial charge in [0.15, 0.2) is 5.82 Å². The fourth-order valence-corrected chi connectivity index (χ4v) is 4.01. The van der Waals surface area contributed by atoms with Crippen molar-refractivity contribution >= 4 is 49.0 Å². The predicted octanol–water partition coefficient (Wildman–Crippen LogP) is 4.48. The van der Waals surface area contributed by atoms with Gasteiger partial charge in [-0.05, 0) is 42.8 Å². The molecule has 0 saturated heterocycles. The summed E-state index contributed by atoms with van der Waals surface area (Å²) in [6.45, 7) is 2.01. The van der Waals surface area contributed by atoms with Crippen LogP contribution in [-0.4, -0.2) is 19.6 Å². The van der Waals surface area contributed by atoms with Crippen molar-refractivity contribution in [3.05, 3.63) is 69.5 Å². The molecule has 7 heteroatoms. The van der Waals surface area contributed by atoms with Crippen molar-refractivity contribution in [2.75, 3.05) is 0 Å². The summed E-state index contributed by atoms with van der Waals surface area (Å²) >= 11 is 7.30. The zero-order valence-electron chi connectivity index (χ0n) is 13.6. The van der Waals surface area contributed by atoms with Crippen molar-refractivity contribution in [1.82, 2.24) is 19.6 Å². The van der Waals surface area contributed by atoms with Crippen LogP contribution < -0.4 is 5.56 Å². The summed E-state index contributed by atoms with van der Waals surface area (Å²) in [6, 6.07) is 15.0. The monoisotopic (exact) mass is 378 g/mol. The van der Waals surface area contributed by atoms with E-state index in [2.05, 4.69) is 10.1 Å². The van der Waals surface area contributed by atoms with E-state index in [1.54, 1.807) is 12.1 Å². The maximum Gasteiger partial charge on any atom is 0.283 e. The van der Waals surface area contributed by atoms with E-state index in [1.807, 2.05) is 43.3 Å². The first-order chi connectivity index (χ1) is 12.6. The lowest BCUT2D eigenvalue weighted by molar-refractivity contribution is 0.943. The number of para-hydroxylation sites is 1. The van der Waals surface area contributed by atoms with Gasteiger partial charge >= 0.3 is 0 Å². The van der Waals surface area contributed by atoms with Crippen LogP contribution in [0, 0.1) is 6.92 Å². The molecule has 5 aromatic rings. The molecule has 5 rings (SSSR count). The van der Waals surface area contributed by atoms with E-state index in [0.29, 0.717) is 26.0 Å². The number of hydrogen-bond donors (Lipinski definition) is 0. The molecule has 0 fully saturated rings. The van der Waals surface area contributed by atoms with Crippen LogP contribution >= 0.6 is 22.9 Å². The first-order valence-corrected chi connectivity index (χ1v) is 9.15. The highest BCUT2D eigenvalue weighted by Gasteiger charge is 2.14. The highest BCUT2D eigenvalue weighted by molar-refractivity contribution is 7.22. The van der Waals surface area contributed by atoms with E-state index in [9.17, 15) is 4.79 Å². The summed E-state index contributed by atoms with van der Waals surface area (Å²) in [5.74, 6) is 0.492. The number of aromatic nitrogens is 4. The lowest BCUT2D eigenvalue weighted by Crippen LogP contribution is -2.13. The number of halogens is 1. The quantitative estimate of drug-likeness (QED) is 0.403. The second-order valence-electron chi connectivity index (χ2n) is 6.03. The predicted molar refractivity (Wildman–Crippen MR) is 105 cm³/mol. The van der Waals surface area contributed by atoms with Crippen LogP contribution in [-0.2, 0) is 0 Å². The van der Waals surface area contributed by atoms with Gasteiger partial charge in [0.2, 0.25) is 4.96 Å². The highest BCUT2D eigenvalue weighted by Crippen LogP contribution is 2.25. The van der Waals surface area contributed by atoms with Crippen LogP contribution in [0.15, 0.2) is 53.3 Å². The van der Waals surface area contributed by atoms with Crippen LogP contribution in [0.25, 0.3) is 37.5 Å². The lowest BCUT2D eigenvalue weighted by atomic mass is 10.1. The highest BCUT2D eigenvalue weighted by atomic mass is 35.5. The maximum absolute atomic E-state index is 12.9. The molecule has 0 aliphatic heterocycles. The Morgan fingerprint density at radius 2 is 1.88 bits per heavy atom. The fourth-order valence-electron chi connectivity index (χ4n) is 2.98. The zero-order chi connectivity index (χ0) is 17.8. The molecule has 0 unspecified atom stereocenters. The molecule has 0 saturated carbocycles. The minimum absolute atomic E-state index is 0.211. The number of aryl methyl sites for hydroxylation is 1. The summed E-state index contributed by atoms with van der Waals surface area (Å²) in [5.41, 5.74) is 2.57. The zero-order valence-corrected chi connectivity index (χ0v) is 15.2. The number of benzene rings is 2. The van der Waals surface area contributed by atoms with Crippen LogP contribution in [0.5, 0.6) is 0 Å². The molecule has 0 bridgehead atoms. The van der Waals surface area contributed by atoms with Crippen LogP contribution in [0.4, 0.5) is 0 Å². The minimum Gasteiger partial charge on any atom is -0.267 e. The molecular weight excluding hydrogens is 368 g/mol. The Bertz CT molecular complexity index is 1370. The molecule has 3 heterocycles. The summed E-state index contributed by atoms with van der Waals surface area (Å²) in [4.78, 5) is 23.3. The molecule has 0 radical (unpaired) electrons. The molecule has 126 valence electrons. The summed E-state index contributed by atoms with van der Waals surface area (Å²) in [6.07, 6.45) is 0. The molecule has 0 spiro atoms. The van der Waals surface area contributed by atoms with Gasteiger partial charge in [0.1, 0.15) is 4.83 Å². The van der Waals surface area contributed by atoms with Gasteiger partial charge in [-0.1, -0.05) is 41.1 Å². The number of pyridine rings is 1. The average molecular weight is 379 g/mol. The third-order valence-electron chi connectivity index (χ3n) is 4.30. The molecule has 0 atom stereocenters. The van der Waals surface area contributed by atoms with E-state index in [0.717, 1.165) is 22.0 Å². The molecule has 5 nitrogen and oxygen atoms in total. The first-order valence-electron chi connectivity index (χ1n) is 7.96. The topological polar surface area (TPSA) is 60.2 Å². The molecule has 0 amide bonds. The van der Waals surface area contributed by atoms with E-state index in [4.69, 9.17) is 16.6 Å². The average Bonchev–Trinajstić information content (AvgIpc) is 3.06. The summed E-state index contributed by atoms with van der Waals surface area (Å²) in [5, 5.41) is 6.53. The Kier molecular flexibility index (Phi) is 3.32. The Labute approximate surface area is 156 Å². The number of hydrogen-bond acceptors (Lipinski definition) is 5. The van der Waals surface area contributed by atoms with E-state index in [1.165, 1.54) is 15.9 Å². The minimum atomic E-state index is -0.211. The van der Waals surface area contributed by atoms with Crippen LogP contribution in [0.2, 0.25) is 5.02 Å². The van der Waals surface area contributed by atoms with E-state index >= 15 is 0 Å². The van der Waals surface area contributed by atoms with Gasteiger partial charge in [0, 0.05) is 16.0 Å². The summed E-state index contributed by atoms with van der Waals surface area (Å²) in [7, 11) is 0. The van der Waals surface area contributed by atoms with Gasteiger partial charge < -0.3 is 0 Å². The van der Waals surface area contributed by atoms with Gasteiger partial charge in [-0.3, -0.25) is 4.79 Å². The van der Waals surface area contributed by atoms with Gasteiger partial charge in [0.25, 0.3) is 5.56 Å². The maximum atomic E-state index is 12.9. The Morgan fingerprint density at radius 3 is 2.69 bits per heavy atom. The first kappa shape index (κ1) is 15.4. The van der Waals surface area contributed by atoms with Gasteiger partial charge in [-0.15, -0.1) is 5.10 Å². The van der Waals surface area contributed by atoms with Crippen molar-refractivity contribution in [3.8, 4) is 11.4 Å². The Balaban J connectivity index is 1.82. The third-order valence-corrected chi connectivity index (χ3v) is 5.51. The number of nitrogens with zero attached hydrogens (tertiary/aromatic N) is 4. The van der Waals surface area contributed by atoms with Gasteiger partial charge in [-0.25, -0.2) is 4.98 Å². The van der Waals surface area contributed by atoms with Crippen LogP contribution in [0.3, 0.4) is 0 Å². The second kappa shape index (κ2) is 5.59. The van der Waals surface area contributed by atoms with Gasteiger partial charge in [0.05, 0.1) is 10.9 Å². The van der Waals surface area contributed by atoms with Crippen molar-refractivity contribution in [1.29, 1.82) is 0 Å². The molecule has 26 heavy (non-hydrogen) atoms. The summed E-state index contributed by atoms with van der Waals surface area (Å²) < 4.78 is 1.35. The molecule has 0 N–H and O–H groups in total. The normalized spacial score (nSPS) is 11.6. The largest absolute Gasteiger partial charge is 0.283 e. The van der Waals surface area contributed by atoms with E-state index < -0.39 is 0 Å². The van der Waals surface area contributed by atoms with Gasteiger partial charge in [-0.2, -0.15) is 9.50 Å². The SMILES string of the molecule is Cc1cccc2cc3c(=O)n4nc(-c5ccc(Cl)cc5)nc4sc3nc12. The van der Waals surface area contributed by atoms with E-state index in [-0.39, 0.29) is 5.56 Å². The molecule has 0 aliphatic carbocycles. The van der Waals surface area contributed by atoms with Crippen molar-refractivity contribution in [3.63, 3.8) is 0 Å². The molecule has 2 aromatic carbocycles. The van der Waals surface area contributed by atoms with Crippen LogP contribution in [0.1, 0.15) is 5.56 Å². The molecular formula is C19H11ClN4OS. The molecule has 0 aliphatic rings. The lowest BCUT2D eigenvalue weighted by Gasteiger charge is -2.03. The Hall–Kier alpha value is -2.83. The number of rotatable bonds is 1. The standard InChI is InChI=1S/C19H11ClN4OS/c1-10-3-2-4-12-9-14-17(21-15(10)12)26-19-22-16(23-24(19)18(14)25)11-5-7-13(20)8-6-11/h2-9H,1H3. The third kappa shape index (κ3) is 2.30. The molecule has 3 aromatic heterocycles.